The highest BCUT2D eigenvalue weighted by Crippen LogP contribution is 2.30. The van der Waals surface area contributed by atoms with Gasteiger partial charge in [0.05, 0.1) is 18.0 Å². The second-order valence-corrected chi connectivity index (χ2v) is 6.76. The van der Waals surface area contributed by atoms with Crippen molar-refractivity contribution in [1.29, 1.82) is 0 Å². The number of aliphatic carboxylic acids is 1. The Bertz CT molecular complexity index is 746. The summed E-state index contributed by atoms with van der Waals surface area (Å²) < 4.78 is 16.1. The number of nitrogens with zero attached hydrogens (tertiary/aromatic N) is 3. The minimum atomic E-state index is -0.712. The van der Waals surface area contributed by atoms with Gasteiger partial charge in [-0.2, -0.15) is 0 Å². The van der Waals surface area contributed by atoms with Gasteiger partial charge in [0.2, 0.25) is 0 Å². The standard InChI is InChI=1S/C18H24FN3O2/c1-4-21-15-7-5-6-14(19)17(15)20-16(21)10-22-11(2)8-13(18(23)24)9-12(22)3/h5-7,11-13H,4,8-10H2,1-3H3,(H,23,24). The summed E-state index contributed by atoms with van der Waals surface area (Å²) in [6.07, 6.45) is 1.28. The van der Waals surface area contributed by atoms with E-state index in [1.807, 2.05) is 17.6 Å². The average Bonchev–Trinajstić information content (AvgIpc) is 2.89. The van der Waals surface area contributed by atoms with E-state index in [9.17, 15) is 14.3 Å². The lowest BCUT2D eigenvalue weighted by Gasteiger charge is -2.41. The molecule has 2 aromatic rings. The number of aryl methyl sites for hydroxylation is 1. The molecule has 6 heteroatoms. The first-order valence-corrected chi connectivity index (χ1v) is 8.54. The van der Waals surface area contributed by atoms with Crippen molar-refractivity contribution in [2.24, 2.45) is 5.92 Å². The van der Waals surface area contributed by atoms with Gasteiger partial charge >= 0.3 is 5.97 Å². The maximum absolute atomic E-state index is 14.0. The van der Waals surface area contributed by atoms with Gasteiger partial charge in [-0.05, 0) is 45.7 Å². The number of fused-ring (bicyclic) bond motifs is 1. The fraction of sp³-hybridized carbons (Fsp3) is 0.556. The van der Waals surface area contributed by atoms with Gasteiger partial charge in [0, 0.05) is 18.6 Å². The van der Waals surface area contributed by atoms with Gasteiger partial charge in [-0.1, -0.05) is 6.07 Å². The smallest absolute Gasteiger partial charge is 0.306 e. The van der Waals surface area contributed by atoms with Crippen molar-refractivity contribution in [2.75, 3.05) is 0 Å². The van der Waals surface area contributed by atoms with Crippen LogP contribution in [0.2, 0.25) is 0 Å². The van der Waals surface area contributed by atoms with Crippen LogP contribution in [0.3, 0.4) is 0 Å². The van der Waals surface area contributed by atoms with Gasteiger partial charge in [0.25, 0.3) is 0 Å². The lowest BCUT2D eigenvalue weighted by atomic mass is 9.87. The van der Waals surface area contributed by atoms with Gasteiger partial charge in [0.15, 0.2) is 5.82 Å². The Hall–Kier alpha value is -1.95. The highest BCUT2D eigenvalue weighted by Gasteiger charge is 2.35. The number of carboxylic acid groups (broad SMARTS) is 1. The molecule has 24 heavy (non-hydrogen) atoms. The Balaban J connectivity index is 1.89. The molecule has 0 spiro atoms. The van der Waals surface area contributed by atoms with Gasteiger partial charge in [-0.25, -0.2) is 9.37 Å². The average molecular weight is 333 g/mol. The van der Waals surface area contributed by atoms with Crippen LogP contribution in [0.15, 0.2) is 18.2 Å². The SMILES string of the molecule is CCn1c(CN2C(C)CC(C(=O)O)CC2C)nc2c(F)cccc21. The summed E-state index contributed by atoms with van der Waals surface area (Å²) in [6, 6.07) is 5.35. The van der Waals surface area contributed by atoms with E-state index in [1.165, 1.54) is 6.07 Å². The minimum absolute atomic E-state index is 0.157. The third-order valence-electron chi connectivity index (χ3n) is 5.18. The van der Waals surface area contributed by atoms with Crippen molar-refractivity contribution in [3.63, 3.8) is 0 Å². The largest absolute Gasteiger partial charge is 0.481 e. The van der Waals surface area contributed by atoms with E-state index in [2.05, 4.69) is 23.7 Å². The number of aromatic nitrogens is 2. The number of carbonyl (C=O) groups is 1. The third kappa shape index (κ3) is 2.90. The molecule has 1 saturated heterocycles. The Morgan fingerprint density at radius 1 is 1.33 bits per heavy atom. The van der Waals surface area contributed by atoms with Crippen molar-refractivity contribution in [1.82, 2.24) is 14.5 Å². The summed E-state index contributed by atoms with van der Waals surface area (Å²) >= 11 is 0. The van der Waals surface area contributed by atoms with Crippen molar-refractivity contribution in [3.8, 4) is 0 Å². The molecule has 0 bridgehead atoms. The van der Waals surface area contributed by atoms with Gasteiger partial charge in [-0.3, -0.25) is 9.69 Å². The zero-order valence-electron chi connectivity index (χ0n) is 14.4. The highest BCUT2D eigenvalue weighted by molar-refractivity contribution is 5.76. The van der Waals surface area contributed by atoms with E-state index in [0.717, 1.165) is 17.9 Å². The normalized spacial score (nSPS) is 25.2. The molecule has 0 aliphatic carbocycles. The Morgan fingerprint density at radius 2 is 2.00 bits per heavy atom. The van der Waals surface area contributed by atoms with E-state index in [1.54, 1.807) is 6.07 Å². The number of imidazole rings is 1. The summed E-state index contributed by atoms with van der Waals surface area (Å²) in [5.74, 6) is -0.457. The number of benzene rings is 1. The van der Waals surface area contributed by atoms with Gasteiger partial charge < -0.3 is 9.67 Å². The quantitative estimate of drug-likeness (QED) is 0.933. The Morgan fingerprint density at radius 3 is 2.58 bits per heavy atom. The molecule has 3 rings (SSSR count). The lowest BCUT2D eigenvalue weighted by molar-refractivity contribution is -0.145. The van der Waals surface area contributed by atoms with Gasteiger partial charge in [-0.15, -0.1) is 0 Å². The molecule has 2 heterocycles. The molecule has 1 aliphatic rings. The number of hydrogen-bond donors (Lipinski definition) is 1. The van der Waals surface area contributed by atoms with Gasteiger partial charge in [0.1, 0.15) is 11.3 Å². The number of piperidine rings is 1. The van der Waals surface area contributed by atoms with Crippen molar-refractivity contribution >= 4 is 17.0 Å². The molecule has 1 aromatic carbocycles. The summed E-state index contributed by atoms with van der Waals surface area (Å²) in [5, 5.41) is 9.28. The Labute approximate surface area is 141 Å². The number of halogens is 1. The highest BCUT2D eigenvalue weighted by atomic mass is 19.1. The zero-order chi connectivity index (χ0) is 17.4. The number of likely N-dealkylation sites (tertiary alicyclic amines) is 1. The molecule has 1 fully saturated rings. The molecule has 1 aromatic heterocycles. The van der Waals surface area contributed by atoms with E-state index < -0.39 is 5.97 Å². The van der Waals surface area contributed by atoms with Crippen LogP contribution in [-0.4, -0.2) is 37.6 Å². The maximum atomic E-state index is 14.0. The number of para-hydroxylation sites is 1. The fourth-order valence-corrected chi connectivity index (χ4v) is 3.94. The van der Waals surface area contributed by atoms with E-state index in [-0.39, 0.29) is 23.8 Å². The molecular weight excluding hydrogens is 309 g/mol. The van der Waals surface area contributed by atoms with Crippen LogP contribution < -0.4 is 0 Å². The number of rotatable bonds is 4. The number of carboxylic acids is 1. The second-order valence-electron chi connectivity index (χ2n) is 6.76. The van der Waals surface area contributed by atoms with E-state index >= 15 is 0 Å². The van der Waals surface area contributed by atoms with Crippen molar-refractivity contribution < 1.29 is 14.3 Å². The molecule has 2 unspecified atom stereocenters. The van der Waals surface area contributed by atoms with Crippen molar-refractivity contribution in [3.05, 3.63) is 29.8 Å². The first-order chi connectivity index (χ1) is 11.4. The Kier molecular flexibility index (Phi) is 4.58. The van der Waals surface area contributed by atoms with Crippen LogP contribution in [-0.2, 0) is 17.9 Å². The summed E-state index contributed by atoms with van der Waals surface area (Å²) in [6.45, 7) is 7.48. The fourth-order valence-electron chi connectivity index (χ4n) is 3.94. The summed E-state index contributed by atoms with van der Waals surface area (Å²) in [5.41, 5.74) is 1.23. The first-order valence-electron chi connectivity index (χ1n) is 8.54. The minimum Gasteiger partial charge on any atom is -0.481 e. The molecule has 5 nitrogen and oxygen atoms in total. The van der Waals surface area contributed by atoms with Crippen LogP contribution in [0, 0.1) is 11.7 Å². The van der Waals surface area contributed by atoms with Crippen LogP contribution in [0.25, 0.3) is 11.0 Å². The predicted molar refractivity (Wildman–Crippen MR) is 90.2 cm³/mol. The second kappa shape index (κ2) is 6.51. The lowest BCUT2D eigenvalue weighted by Crippen LogP contribution is -2.47. The summed E-state index contributed by atoms with van der Waals surface area (Å²) in [7, 11) is 0. The first kappa shape index (κ1) is 16.9. The van der Waals surface area contributed by atoms with Crippen LogP contribution in [0.1, 0.15) is 39.4 Å². The molecule has 0 saturated carbocycles. The van der Waals surface area contributed by atoms with Crippen molar-refractivity contribution in [2.45, 2.75) is 58.8 Å². The molecule has 0 radical (unpaired) electrons. The molecule has 1 aliphatic heterocycles. The zero-order valence-corrected chi connectivity index (χ0v) is 14.4. The van der Waals surface area contributed by atoms with Crippen LogP contribution in [0.4, 0.5) is 4.39 Å². The maximum Gasteiger partial charge on any atom is 0.306 e. The molecule has 130 valence electrons. The van der Waals surface area contributed by atoms with Crippen LogP contribution in [0.5, 0.6) is 0 Å². The topological polar surface area (TPSA) is 58.4 Å². The third-order valence-corrected chi connectivity index (χ3v) is 5.18. The predicted octanol–water partition coefficient (Wildman–Crippen LogP) is 3.27. The monoisotopic (exact) mass is 333 g/mol. The molecule has 2 atom stereocenters. The number of hydrogen-bond acceptors (Lipinski definition) is 3. The molecular formula is C18H24FN3O2. The molecule has 1 N–H and O–H groups in total. The van der Waals surface area contributed by atoms with Crippen LogP contribution >= 0.6 is 0 Å². The summed E-state index contributed by atoms with van der Waals surface area (Å²) in [4.78, 5) is 18.1. The van der Waals surface area contributed by atoms with E-state index in [4.69, 9.17) is 0 Å². The van der Waals surface area contributed by atoms with E-state index in [0.29, 0.717) is 24.9 Å². The molecule has 0 amide bonds.